The molecule has 6 heteroatoms. The molecule has 0 saturated heterocycles. The lowest BCUT2D eigenvalue weighted by atomic mass is 10.2. The van der Waals surface area contributed by atoms with Crippen LogP contribution >= 0.6 is 11.3 Å². The van der Waals surface area contributed by atoms with Gasteiger partial charge in [-0.3, -0.25) is 0 Å². The van der Waals surface area contributed by atoms with Gasteiger partial charge in [-0.1, -0.05) is 11.3 Å². The molecule has 0 aliphatic heterocycles. The maximum atomic E-state index is 8.36. The van der Waals surface area contributed by atoms with Crippen molar-refractivity contribution in [1.82, 2.24) is 10.2 Å². The summed E-state index contributed by atoms with van der Waals surface area (Å²) >= 11 is 1.33. The molecule has 0 unspecified atom stereocenters. The van der Waals surface area contributed by atoms with Gasteiger partial charge in [0.25, 0.3) is 0 Å². The number of nitrogens with two attached hydrogens (primary N) is 1. The molecule has 1 aromatic carbocycles. The Hall–Kier alpha value is -2.13. The smallest absolute Gasteiger partial charge is 0.203 e. The van der Waals surface area contributed by atoms with Crippen molar-refractivity contribution in [3.8, 4) is 22.4 Å². The summed E-state index contributed by atoms with van der Waals surface area (Å²) in [4.78, 5) is 0. The number of hydrogen-bond donors (Lipinski definition) is 1. The van der Waals surface area contributed by atoms with Crippen LogP contribution in [-0.4, -0.2) is 16.8 Å². The highest BCUT2D eigenvalue weighted by atomic mass is 32.1. The number of ether oxygens (including phenoxy) is 1. The number of nitrogen functional groups attached to an aromatic ring is 1. The van der Waals surface area contributed by atoms with Crippen LogP contribution in [0.2, 0.25) is 0 Å². The van der Waals surface area contributed by atoms with Gasteiger partial charge in [-0.2, -0.15) is 5.26 Å². The van der Waals surface area contributed by atoms with Gasteiger partial charge < -0.3 is 10.5 Å². The molecule has 80 valence electrons. The van der Waals surface area contributed by atoms with Gasteiger partial charge in [-0.25, -0.2) is 0 Å². The summed E-state index contributed by atoms with van der Waals surface area (Å²) in [6.45, 7) is 0.0467. The molecule has 0 aliphatic carbocycles. The first-order chi connectivity index (χ1) is 7.79. The van der Waals surface area contributed by atoms with Gasteiger partial charge in [-0.15, -0.1) is 10.2 Å². The molecular weight excluding hydrogens is 224 g/mol. The molecule has 0 spiro atoms. The number of nitrogens with zero attached hydrogens (tertiary/aromatic N) is 3. The number of nitriles is 1. The Labute approximate surface area is 96.1 Å². The first kappa shape index (κ1) is 10.4. The average molecular weight is 232 g/mol. The third-order valence-electron chi connectivity index (χ3n) is 1.85. The quantitative estimate of drug-likeness (QED) is 0.870. The van der Waals surface area contributed by atoms with E-state index < -0.39 is 0 Å². The Bertz CT molecular complexity index is 514. The van der Waals surface area contributed by atoms with Crippen molar-refractivity contribution in [1.29, 1.82) is 5.26 Å². The van der Waals surface area contributed by atoms with Crippen molar-refractivity contribution in [3.63, 3.8) is 0 Å². The van der Waals surface area contributed by atoms with E-state index in [1.54, 1.807) is 12.1 Å². The van der Waals surface area contributed by atoms with E-state index in [0.29, 0.717) is 10.9 Å². The summed E-state index contributed by atoms with van der Waals surface area (Å²) < 4.78 is 5.13. The number of aromatic nitrogens is 2. The Balaban J connectivity index is 2.16. The highest BCUT2D eigenvalue weighted by Crippen LogP contribution is 2.26. The summed E-state index contributed by atoms with van der Waals surface area (Å²) in [6, 6.07) is 9.18. The molecule has 0 amide bonds. The minimum atomic E-state index is 0.0467. The summed E-state index contributed by atoms with van der Waals surface area (Å²) in [5.41, 5.74) is 6.42. The number of anilines is 1. The molecule has 0 fully saturated rings. The maximum Gasteiger partial charge on any atom is 0.203 e. The van der Waals surface area contributed by atoms with Crippen LogP contribution in [0.3, 0.4) is 0 Å². The van der Waals surface area contributed by atoms with E-state index in [4.69, 9.17) is 15.7 Å². The molecule has 2 N–H and O–H groups in total. The lowest BCUT2D eigenvalue weighted by molar-refractivity contribution is 0.368. The average Bonchev–Trinajstić information content (AvgIpc) is 2.74. The first-order valence-electron chi connectivity index (χ1n) is 4.49. The molecule has 16 heavy (non-hydrogen) atoms. The predicted molar refractivity (Wildman–Crippen MR) is 60.9 cm³/mol. The highest BCUT2D eigenvalue weighted by Gasteiger charge is 2.04. The lowest BCUT2D eigenvalue weighted by Gasteiger charge is -2.01. The second-order valence-corrected chi connectivity index (χ2v) is 3.93. The Morgan fingerprint density at radius 3 is 2.62 bits per heavy atom. The van der Waals surface area contributed by atoms with E-state index in [1.807, 2.05) is 18.2 Å². The van der Waals surface area contributed by atoms with Crippen molar-refractivity contribution in [3.05, 3.63) is 24.3 Å². The highest BCUT2D eigenvalue weighted by molar-refractivity contribution is 7.18. The van der Waals surface area contributed by atoms with Gasteiger partial charge >= 0.3 is 0 Å². The molecule has 2 aromatic rings. The molecule has 2 rings (SSSR count). The zero-order valence-corrected chi connectivity index (χ0v) is 9.07. The van der Waals surface area contributed by atoms with E-state index >= 15 is 0 Å². The van der Waals surface area contributed by atoms with Crippen LogP contribution in [0, 0.1) is 11.3 Å². The standard InChI is InChI=1S/C10H8N4OS/c11-5-6-15-8-3-1-7(2-4-8)9-13-14-10(12)16-9/h1-4H,6H2,(H2,12,14). The van der Waals surface area contributed by atoms with Crippen molar-refractivity contribution in [2.75, 3.05) is 12.3 Å². The summed E-state index contributed by atoms with van der Waals surface area (Å²) in [6.07, 6.45) is 0. The van der Waals surface area contributed by atoms with Gasteiger partial charge in [0.05, 0.1) is 0 Å². The monoisotopic (exact) mass is 232 g/mol. The number of benzene rings is 1. The lowest BCUT2D eigenvalue weighted by Crippen LogP contribution is -1.92. The first-order valence-corrected chi connectivity index (χ1v) is 5.30. The van der Waals surface area contributed by atoms with Crippen LogP contribution < -0.4 is 10.5 Å². The zero-order valence-electron chi connectivity index (χ0n) is 8.25. The zero-order chi connectivity index (χ0) is 11.4. The van der Waals surface area contributed by atoms with E-state index in [0.717, 1.165) is 10.6 Å². The second-order valence-electron chi connectivity index (χ2n) is 2.92. The van der Waals surface area contributed by atoms with Crippen molar-refractivity contribution < 1.29 is 4.74 Å². The third-order valence-corrected chi connectivity index (χ3v) is 2.65. The molecule has 0 aliphatic rings. The van der Waals surface area contributed by atoms with E-state index in [2.05, 4.69) is 10.2 Å². The van der Waals surface area contributed by atoms with Crippen molar-refractivity contribution >= 4 is 16.5 Å². The molecule has 5 nitrogen and oxygen atoms in total. The van der Waals surface area contributed by atoms with Crippen LogP contribution in [0.5, 0.6) is 5.75 Å². The van der Waals surface area contributed by atoms with Gasteiger partial charge in [0.15, 0.2) is 6.61 Å². The number of hydrogen-bond acceptors (Lipinski definition) is 6. The molecule has 0 saturated carbocycles. The third kappa shape index (κ3) is 2.27. The van der Waals surface area contributed by atoms with E-state index in [-0.39, 0.29) is 6.61 Å². The Morgan fingerprint density at radius 2 is 2.06 bits per heavy atom. The van der Waals surface area contributed by atoms with Gasteiger partial charge in [0.2, 0.25) is 5.13 Å². The molecule has 1 heterocycles. The fourth-order valence-electron chi connectivity index (χ4n) is 1.16. The summed E-state index contributed by atoms with van der Waals surface area (Å²) in [5.74, 6) is 0.655. The molecular formula is C10H8N4OS. The SMILES string of the molecule is N#CCOc1ccc(-c2nnc(N)s2)cc1. The van der Waals surface area contributed by atoms with Crippen LogP contribution in [0.4, 0.5) is 5.13 Å². The van der Waals surface area contributed by atoms with Crippen LogP contribution in [0.15, 0.2) is 24.3 Å². The summed E-state index contributed by atoms with van der Waals surface area (Å²) in [5, 5.41) is 17.2. The minimum Gasteiger partial charge on any atom is -0.479 e. The molecule has 0 radical (unpaired) electrons. The predicted octanol–water partition coefficient (Wildman–Crippen LogP) is 1.69. The van der Waals surface area contributed by atoms with Crippen LogP contribution in [0.1, 0.15) is 0 Å². The minimum absolute atomic E-state index is 0.0467. The van der Waals surface area contributed by atoms with E-state index in [9.17, 15) is 0 Å². The van der Waals surface area contributed by atoms with Crippen LogP contribution in [-0.2, 0) is 0 Å². The second kappa shape index (κ2) is 4.59. The van der Waals surface area contributed by atoms with Crippen molar-refractivity contribution in [2.24, 2.45) is 0 Å². The van der Waals surface area contributed by atoms with E-state index in [1.165, 1.54) is 11.3 Å². The topological polar surface area (TPSA) is 84.8 Å². The molecule has 0 atom stereocenters. The maximum absolute atomic E-state index is 8.36. The largest absolute Gasteiger partial charge is 0.479 e. The fourth-order valence-corrected chi connectivity index (χ4v) is 1.78. The molecule has 0 bridgehead atoms. The Morgan fingerprint density at radius 1 is 1.31 bits per heavy atom. The Kier molecular flexibility index (Phi) is 2.98. The van der Waals surface area contributed by atoms with Crippen molar-refractivity contribution in [2.45, 2.75) is 0 Å². The van der Waals surface area contributed by atoms with Gasteiger partial charge in [0.1, 0.15) is 16.8 Å². The van der Waals surface area contributed by atoms with Gasteiger partial charge in [-0.05, 0) is 24.3 Å². The van der Waals surface area contributed by atoms with Crippen LogP contribution in [0.25, 0.3) is 10.6 Å². The normalized spacial score (nSPS) is 9.69. The fraction of sp³-hybridized carbons (Fsp3) is 0.100. The molecule has 1 aromatic heterocycles. The number of rotatable bonds is 3. The van der Waals surface area contributed by atoms with Gasteiger partial charge in [0, 0.05) is 5.56 Å². The summed E-state index contributed by atoms with van der Waals surface area (Å²) in [7, 11) is 0.